The number of halogens is 3. The zero-order valence-corrected chi connectivity index (χ0v) is 20.4. The maximum absolute atomic E-state index is 12.3. The van der Waals surface area contributed by atoms with Gasteiger partial charge in [0.25, 0.3) is 0 Å². The number of unbranched alkanes of at least 4 members (excludes halogenated alkanes) is 2. The monoisotopic (exact) mass is 505 g/mol. The van der Waals surface area contributed by atoms with Crippen molar-refractivity contribution in [1.82, 2.24) is 9.78 Å². The van der Waals surface area contributed by atoms with Crippen molar-refractivity contribution in [3.63, 3.8) is 0 Å². The van der Waals surface area contributed by atoms with E-state index in [1.807, 2.05) is 25.5 Å². The van der Waals surface area contributed by atoms with Gasteiger partial charge in [0.05, 0.1) is 0 Å². The van der Waals surface area contributed by atoms with Crippen LogP contribution in [0.3, 0.4) is 0 Å². The first kappa shape index (κ1) is 24.9. The summed E-state index contributed by atoms with van der Waals surface area (Å²) in [4.78, 5) is 0. The van der Waals surface area contributed by atoms with Crippen LogP contribution in [0, 0.1) is 6.92 Å². The van der Waals surface area contributed by atoms with E-state index in [1.54, 1.807) is 12.1 Å². The van der Waals surface area contributed by atoms with Crippen LogP contribution in [-0.4, -0.2) is 35.9 Å². The molecule has 1 radical (unpaired) electrons. The molecule has 157 valence electrons. The molecule has 28 heavy (non-hydrogen) atoms. The molecule has 2 rings (SSSR count). The first-order valence-electron chi connectivity index (χ1n) is 10.1. The molecule has 0 aliphatic rings. The van der Waals surface area contributed by atoms with Gasteiger partial charge in [-0.05, 0) is 0 Å². The molecule has 0 unspecified atom stereocenters. The number of nitrogens with zero attached hydrogens (tertiary/aromatic N) is 2. The van der Waals surface area contributed by atoms with Crippen molar-refractivity contribution in [2.24, 2.45) is 0 Å². The van der Waals surface area contributed by atoms with Gasteiger partial charge in [0.15, 0.2) is 0 Å². The van der Waals surface area contributed by atoms with E-state index in [0.717, 1.165) is 11.4 Å². The molecule has 2 aromatic rings. The Balaban J connectivity index is 0.00000190. The van der Waals surface area contributed by atoms with Gasteiger partial charge in [0.2, 0.25) is 0 Å². The molecular weight excluding hydrogens is 472 g/mol. The number of benzene rings is 1. The molecule has 0 saturated heterocycles. The van der Waals surface area contributed by atoms with E-state index < -0.39 is 26.1 Å². The standard InChI is InChI=1S/C11H8F3N2O.2C4H9.C2H6.Sn/c1-8-6-7-15-16(8)9-2-4-10(5-3-9)17-11(12,13)14;2*1-3-4-2;1-2;/h2-6H,1H3;2*1,3-4H2,2H3;1-2H3;. The molecule has 0 atom stereocenters. The number of rotatable bonds is 9. The summed E-state index contributed by atoms with van der Waals surface area (Å²) in [6.07, 6.45) is 0.255. The van der Waals surface area contributed by atoms with E-state index >= 15 is 0 Å². The van der Waals surface area contributed by atoms with Gasteiger partial charge in [0.1, 0.15) is 0 Å². The molecule has 1 aromatic carbocycles. The second-order valence-corrected chi connectivity index (χ2v) is 14.2. The third kappa shape index (κ3) is 8.05. The fourth-order valence-electron chi connectivity index (χ4n) is 2.86. The Morgan fingerprint density at radius 3 is 2.00 bits per heavy atom. The maximum atomic E-state index is 12.3. The topological polar surface area (TPSA) is 27.1 Å². The summed E-state index contributed by atoms with van der Waals surface area (Å²) >= 11 is -1.74. The van der Waals surface area contributed by atoms with Crippen molar-refractivity contribution in [3.8, 4) is 11.4 Å². The summed E-state index contributed by atoms with van der Waals surface area (Å²) in [5.74, 6) is -0.215. The van der Waals surface area contributed by atoms with E-state index in [2.05, 4.69) is 24.7 Å². The minimum absolute atomic E-state index is 0.215. The van der Waals surface area contributed by atoms with Gasteiger partial charge in [-0.3, -0.25) is 0 Å². The van der Waals surface area contributed by atoms with Crippen LogP contribution >= 0.6 is 0 Å². The first-order chi connectivity index (χ1) is 13.3. The molecule has 7 heteroatoms. The van der Waals surface area contributed by atoms with Gasteiger partial charge >= 0.3 is 160 Å². The van der Waals surface area contributed by atoms with Crippen LogP contribution < -0.4 is 8.45 Å². The van der Waals surface area contributed by atoms with Crippen molar-refractivity contribution in [2.75, 3.05) is 0 Å². The molecule has 0 N–H and O–H groups in total. The molecule has 1 heterocycles. The Labute approximate surface area is 174 Å². The normalized spacial score (nSPS) is 11.3. The number of aromatic nitrogens is 2. The van der Waals surface area contributed by atoms with Gasteiger partial charge in [-0.15, -0.1) is 0 Å². The van der Waals surface area contributed by atoms with E-state index in [1.165, 1.54) is 50.4 Å². The Morgan fingerprint density at radius 1 is 1.00 bits per heavy atom. The Bertz CT molecular complexity index is 676. The van der Waals surface area contributed by atoms with Crippen LogP contribution in [0.25, 0.3) is 5.69 Å². The van der Waals surface area contributed by atoms with Gasteiger partial charge in [0, 0.05) is 0 Å². The van der Waals surface area contributed by atoms with E-state index in [9.17, 15) is 13.2 Å². The summed E-state index contributed by atoms with van der Waals surface area (Å²) in [7, 11) is 0. The zero-order valence-electron chi connectivity index (χ0n) is 17.6. The molecule has 3 nitrogen and oxygen atoms in total. The SMILES string of the molecule is CC.CCC[CH2][Sn]([CH2]CCC)[c]1cc(C)n(-c2ccc(OC(F)(F)F)cc2)n1. The Morgan fingerprint density at radius 2 is 1.54 bits per heavy atom. The minimum atomic E-state index is -4.67. The molecular formula is C21H32F3N2OSn. The molecule has 0 fully saturated rings. The molecule has 0 bridgehead atoms. The average molecular weight is 504 g/mol. The van der Waals surface area contributed by atoms with E-state index in [-0.39, 0.29) is 5.75 Å². The Kier molecular flexibility index (Phi) is 11.0. The van der Waals surface area contributed by atoms with Crippen molar-refractivity contribution < 1.29 is 17.9 Å². The van der Waals surface area contributed by atoms with Crippen molar-refractivity contribution in [1.29, 1.82) is 0 Å². The predicted molar refractivity (Wildman–Crippen MR) is 111 cm³/mol. The van der Waals surface area contributed by atoms with Crippen molar-refractivity contribution in [3.05, 3.63) is 36.0 Å². The zero-order chi connectivity index (χ0) is 21.2. The van der Waals surface area contributed by atoms with Gasteiger partial charge in [-0.25, -0.2) is 0 Å². The van der Waals surface area contributed by atoms with Crippen LogP contribution in [0.4, 0.5) is 13.2 Å². The van der Waals surface area contributed by atoms with Crippen LogP contribution in [0.1, 0.15) is 59.1 Å². The quantitative estimate of drug-likeness (QED) is 0.370. The van der Waals surface area contributed by atoms with Gasteiger partial charge < -0.3 is 0 Å². The van der Waals surface area contributed by atoms with Gasteiger partial charge in [-0.2, -0.15) is 0 Å². The number of alkyl halides is 3. The molecule has 0 aliphatic carbocycles. The number of aryl methyl sites for hydroxylation is 1. The number of hydrogen-bond donors (Lipinski definition) is 0. The summed E-state index contributed by atoms with van der Waals surface area (Å²) < 4.78 is 46.5. The van der Waals surface area contributed by atoms with Crippen molar-refractivity contribution >= 4 is 23.5 Å². The predicted octanol–water partition coefficient (Wildman–Crippen LogP) is 6.41. The Hall–Kier alpha value is -1.18. The first-order valence-corrected chi connectivity index (χ1v) is 15.6. The fourth-order valence-corrected chi connectivity index (χ4v) is 11.4. The second-order valence-electron chi connectivity index (χ2n) is 6.44. The van der Waals surface area contributed by atoms with E-state index in [0.29, 0.717) is 0 Å². The van der Waals surface area contributed by atoms with Crippen LogP contribution in [-0.2, 0) is 0 Å². The summed E-state index contributed by atoms with van der Waals surface area (Å²) in [5, 5.41) is 4.83. The third-order valence-electron chi connectivity index (χ3n) is 4.23. The van der Waals surface area contributed by atoms with Crippen LogP contribution in [0.2, 0.25) is 8.87 Å². The van der Waals surface area contributed by atoms with Crippen LogP contribution in [0.15, 0.2) is 30.3 Å². The van der Waals surface area contributed by atoms with Crippen LogP contribution in [0.5, 0.6) is 5.75 Å². The molecule has 0 spiro atoms. The number of ether oxygens (including phenoxy) is 1. The van der Waals surface area contributed by atoms with Gasteiger partial charge in [-0.1, -0.05) is 13.8 Å². The fraction of sp³-hybridized carbons (Fsp3) is 0.571. The summed E-state index contributed by atoms with van der Waals surface area (Å²) in [6, 6.07) is 8.08. The molecule has 1 aromatic heterocycles. The average Bonchev–Trinajstić information content (AvgIpc) is 3.04. The van der Waals surface area contributed by atoms with E-state index in [4.69, 9.17) is 5.10 Å². The third-order valence-corrected chi connectivity index (χ3v) is 12.5. The summed E-state index contributed by atoms with van der Waals surface area (Å²) in [5.41, 5.74) is 1.78. The molecule has 0 amide bonds. The summed E-state index contributed by atoms with van der Waals surface area (Å²) in [6.45, 7) is 10.4. The molecule has 0 aliphatic heterocycles. The van der Waals surface area contributed by atoms with Crippen molar-refractivity contribution in [2.45, 2.75) is 75.5 Å². The number of hydrogen-bond acceptors (Lipinski definition) is 2. The molecule has 0 saturated carbocycles. The second kappa shape index (κ2) is 12.4.